The number of thiazole rings is 1. The van der Waals surface area contributed by atoms with Crippen LogP contribution in [0.25, 0.3) is 11.3 Å². The molecule has 0 saturated heterocycles. The highest BCUT2D eigenvalue weighted by molar-refractivity contribution is 7.14. The molecule has 5 heteroatoms. The SMILES string of the molecule is Cc1ccnc(Nc2nc(-c3cccc(Cl)c3)cs2)c1. The molecule has 0 aliphatic heterocycles. The van der Waals surface area contributed by atoms with E-state index in [0.717, 1.165) is 27.8 Å². The van der Waals surface area contributed by atoms with Crippen LogP contribution < -0.4 is 5.32 Å². The van der Waals surface area contributed by atoms with Crippen molar-refractivity contribution >= 4 is 33.9 Å². The highest BCUT2D eigenvalue weighted by Gasteiger charge is 2.05. The van der Waals surface area contributed by atoms with Crippen molar-refractivity contribution in [1.29, 1.82) is 0 Å². The van der Waals surface area contributed by atoms with E-state index in [9.17, 15) is 0 Å². The minimum atomic E-state index is 0.713. The molecule has 0 radical (unpaired) electrons. The normalized spacial score (nSPS) is 10.5. The van der Waals surface area contributed by atoms with E-state index in [1.54, 1.807) is 17.5 Å². The molecule has 1 N–H and O–H groups in total. The average Bonchev–Trinajstić information content (AvgIpc) is 2.87. The number of benzene rings is 1. The van der Waals surface area contributed by atoms with Crippen LogP contribution in [0.5, 0.6) is 0 Å². The molecule has 3 aromatic rings. The van der Waals surface area contributed by atoms with E-state index in [0.29, 0.717) is 5.02 Å². The van der Waals surface area contributed by atoms with Gasteiger partial charge in [-0.25, -0.2) is 9.97 Å². The number of anilines is 2. The number of nitrogens with zero attached hydrogens (tertiary/aromatic N) is 2. The van der Waals surface area contributed by atoms with E-state index >= 15 is 0 Å². The summed E-state index contributed by atoms with van der Waals surface area (Å²) in [6.07, 6.45) is 1.78. The lowest BCUT2D eigenvalue weighted by molar-refractivity contribution is 1.26. The van der Waals surface area contributed by atoms with Crippen LogP contribution in [-0.2, 0) is 0 Å². The van der Waals surface area contributed by atoms with Gasteiger partial charge in [-0.3, -0.25) is 0 Å². The van der Waals surface area contributed by atoms with Crippen LogP contribution in [0.15, 0.2) is 48.0 Å². The van der Waals surface area contributed by atoms with Crippen LogP contribution in [0.1, 0.15) is 5.56 Å². The fourth-order valence-electron chi connectivity index (χ4n) is 1.83. The lowest BCUT2D eigenvalue weighted by Gasteiger charge is -2.02. The number of halogens is 1. The van der Waals surface area contributed by atoms with Gasteiger partial charge >= 0.3 is 0 Å². The lowest BCUT2D eigenvalue weighted by atomic mass is 10.2. The Morgan fingerprint density at radius 3 is 2.90 bits per heavy atom. The van der Waals surface area contributed by atoms with Gasteiger partial charge in [0.05, 0.1) is 5.69 Å². The zero-order valence-electron chi connectivity index (χ0n) is 10.8. The lowest BCUT2D eigenvalue weighted by Crippen LogP contribution is -1.93. The van der Waals surface area contributed by atoms with E-state index in [-0.39, 0.29) is 0 Å². The summed E-state index contributed by atoms with van der Waals surface area (Å²) >= 11 is 7.54. The topological polar surface area (TPSA) is 37.8 Å². The van der Waals surface area contributed by atoms with Gasteiger partial charge in [-0.15, -0.1) is 11.3 Å². The minimum Gasteiger partial charge on any atom is -0.316 e. The molecule has 0 unspecified atom stereocenters. The summed E-state index contributed by atoms with van der Waals surface area (Å²) in [5.41, 5.74) is 3.08. The summed E-state index contributed by atoms with van der Waals surface area (Å²) < 4.78 is 0. The number of rotatable bonds is 3. The average molecular weight is 302 g/mol. The van der Waals surface area contributed by atoms with Gasteiger partial charge in [0.25, 0.3) is 0 Å². The predicted molar refractivity (Wildman–Crippen MR) is 84.8 cm³/mol. The molecule has 0 bridgehead atoms. The second kappa shape index (κ2) is 5.61. The Balaban J connectivity index is 1.84. The molecule has 0 saturated carbocycles. The van der Waals surface area contributed by atoms with Gasteiger partial charge in [-0.05, 0) is 36.8 Å². The van der Waals surface area contributed by atoms with Crippen molar-refractivity contribution in [3.63, 3.8) is 0 Å². The van der Waals surface area contributed by atoms with Crippen molar-refractivity contribution < 1.29 is 0 Å². The Hall–Kier alpha value is -1.91. The first-order chi connectivity index (χ1) is 9.70. The van der Waals surface area contributed by atoms with Crippen molar-refractivity contribution in [3.8, 4) is 11.3 Å². The third-order valence-electron chi connectivity index (χ3n) is 2.78. The van der Waals surface area contributed by atoms with Gasteiger partial charge in [0.15, 0.2) is 5.13 Å². The summed E-state index contributed by atoms with van der Waals surface area (Å²) in [5, 5.41) is 6.75. The largest absolute Gasteiger partial charge is 0.316 e. The van der Waals surface area contributed by atoms with Crippen molar-refractivity contribution in [2.24, 2.45) is 0 Å². The second-order valence-electron chi connectivity index (χ2n) is 4.39. The molecule has 20 heavy (non-hydrogen) atoms. The van der Waals surface area contributed by atoms with Crippen molar-refractivity contribution in [3.05, 3.63) is 58.6 Å². The Morgan fingerprint density at radius 1 is 1.20 bits per heavy atom. The number of aromatic nitrogens is 2. The van der Waals surface area contributed by atoms with Gasteiger partial charge in [0.1, 0.15) is 5.82 Å². The molecule has 0 amide bonds. The summed E-state index contributed by atoms with van der Waals surface area (Å²) in [6.45, 7) is 2.03. The molecule has 0 aliphatic rings. The minimum absolute atomic E-state index is 0.713. The predicted octanol–water partition coefficient (Wildman–Crippen LogP) is 4.91. The number of hydrogen-bond acceptors (Lipinski definition) is 4. The summed E-state index contributed by atoms with van der Waals surface area (Å²) in [6, 6.07) is 11.6. The van der Waals surface area contributed by atoms with Crippen molar-refractivity contribution in [2.45, 2.75) is 6.92 Å². The molecule has 2 aromatic heterocycles. The van der Waals surface area contributed by atoms with E-state index in [1.165, 1.54) is 0 Å². The van der Waals surface area contributed by atoms with E-state index < -0.39 is 0 Å². The molecule has 0 fully saturated rings. The van der Waals surface area contributed by atoms with E-state index in [1.807, 2.05) is 48.7 Å². The molecule has 0 spiro atoms. The Labute approximate surface area is 126 Å². The molecule has 1 aromatic carbocycles. The Bertz CT molecular complexity index is 739. The number of aryl methyl sites for hydroxylation is 1. The third-order valence-corrected chi connectivity index (χ3v) is 3.77. The molecule has 0 atom stereocenters. The number of pyridine rings is 1. The number of nitrogens with one attached hydrogen (secondary N) is 1. The first kappa shape index (κ1) is 13.1. The second-order valence-corrected chi connectivity index (χ2v) is 5.69. The van der Waals surface area contributed by atoms with Gasteiger partial charge in [0, 0.05) is 22.2 Å². The van der Waals surface area contributed by atoms with Crippen LogP contribution in [0.4, 0.5) is 10.9 Å². The van der Waals surface area contributed by atoms with Gasteiger partial charge in [0.2, 0.25) is 0 Å². The quantitative estimate of drug-likeness (QED) is 0.747. The van der Waals surface area contributed by atoms with Crippen LogP contribution in [-0.4, -0.2) is 9.97 Å². The van der Waals surface area contributed by atoms with Crippen molar-refractivity contribution in [1.82, 2.24) is 9.97 Å². The fraction of sp³-hybridized carbons (Fsp3) is 0.0667. The smallest absolute Gasteiger partial charge is 0.188 e. The first-order valence-electron chi connectivity index (χ1n) is 6.12. The van der Waals surface area contributed by atoms with Crippen LogP contribution in [0.3, 0.4) is 0 Å². The molecule has 0 aliphatic carbocycles. The molecule has 100 valence electrons. The third kappa shape index (κ3) is 2.98. The maximum atomic E-state index is 6.00. The molecule has 2 heterocycles. The number of hydrogen-bond donors (Lipinski definition) is 1. The molecule has 3 nitrogen and oxygen atoms in total. The fourth-order valence-corrected chi connectivity index (χ4v) is 2.74. The highest BCUT2D eigenvalue weighted by Crippen LogP contribution is 2.28. The summed E-state index contributed by atoms with van der Waals surface area (Å²) in [7, 11) is 0. The monoisotopic (exact) mass is 301 g/mol. The summed E-state index contributed by atoms with van der Waals surface area (Å²) in [4.78, 5) is 8.82. The van der Waals surface area contributed by atoms with Gasteiger partial charge in [-0.1, -0.05) is 23.7 Å². The first-order valence-corrected chi connectivity index (χ1v) is 7.37. The van der Waals surface area contributed by atoms with E-state index in [4.69, 9.17) is 11.6 Å². The van der Waals surface area contributed by atoms with Crippen LogP contribution >= 0.6 is 22.9 Å². The van der Waals surface area contributed by atoms with Crippen molar-refractivity contribution in [2.75, 3.05) is 5.32 Å². The zero-order valence-corrected chi connectivity index (χ0v) is 12.4. The highest BCUT2D eigenvalue weighted by atomic mass is 35.5. The zero-order chi connectivity index (χ0) is 13.9. The van der Waals surface area contributed by atoms with Crippen LogP contribution in [0, 0.1) is 6.92 Å². The van der Waals surface area contributed by atoms with Gasteiger partial charge < -0.3 is 5.32 Å². The summed E-state index contributed by atoms with van der Waals surface area (Å²) in [5.74, 6) is 0.803. The Kier molecular flexibility index (Phi) is 3.67. The Morgan fingerprint density at radius 2 is 2.10 bits per heavy atom. The van der Waals surface area contributed by atoms with E-state index in [2.05, 4.69) is 15.3 Å². The molecular weight excluding hydrogens is 290 g/mol. The maximum Gasteiger partial charge on any atom is 0.188 e. The standard InChI is InChI=1S/C15H12ClN3S/c1-10-5-6-17-14(7-10)19-15-18-13(9-20-15)11-3-2-4-12(16)8-11/h2-9H,1H3,(H,17,18,19). The van der Waals surface area contributed by atoms with Crippen LogP contribution in [0.2, 0.25) is 5.02 Å². The maximum absolute atomic E-state index is 6.00. The molecule has 3 rings (SSSR count). The molecular formula is C15H12ClN3S. The van der Waals surface area contributed by atoms with Gasteiger partial charge in [-0.2, -0.15) is 0 Å².